The molecule has 1 saturated heterocycles. The fourth-order valence-electron chi connectivity index (χ4n) is 3.41. The molecule has 3 fully saturated rings. The van der Waals surface area contributed by atoms with Gasteiger partial charge in [0, 0.05) is 25.7 Å². The standard InChI is InChI=1S/C11H16F2O2/c12-10(13)2-1-8-6-11(7-9(8)5-10)14-3-4-15-11/h8-9H,1-7H2/t8?,9-/m1/s1. The average molecular weight is 218 g/mol. The van der Waals surface area contributed by atoms with Crippen molar-refractivity contribution in [1.29, 1.82) is 0 Å². The Kier molecular flexibility index (Phi) is 2.09. The van der Waals surface area contributed by atoms with Crippen molar-refractivity contribution in [2.75, 3.05) is 13.2 Å². The summed E-state index contributed by atoms with van der Waals surface area (Å²) in [5.41, 5.74) is 0. The van der Waals surface area contributed by atoms with Crippen LogP contribution in [0.2, 0.25) is 0 Å². The zero-order valence-electron chi connectivity index (χ0n) is 8.68. The average Bonchev–Trinajstić information content (AvgIpc) is 2.71. The molecule has 86 valence electrons. The van der Waals surface area contributed by atoms with Gasteiger partial charge in [0.15, 0.2) is 5.79 Å². The highest BCUT2D eigenvalue weighted by Gasteiger charge is 2.54. The summed E-state index contributed by atoms with van der Waals surface area (Å²) in [5, 5.41) is 0. The number of ether oxygens (including phenoxy) is 2. The van der Waals surface area contributed by atoms with Crippen LogP contribution in [0.25, 0.3) is 0 Å². The lowest BCUT2D eigenvalue weighted by molar-refractivity contribution is -0.154. The van der Waals surface area contributed by atoms with Gasteiger partial charge in [-0.2, -0.15) is 0 Å². The van der Waals surface area contributed by atoms with Gasteiger partial charge in [-0.1, -0.05) is 0 Å². The summed E-state index contributed by atoms with van der Waals surface area (Å²) in [6, 6.07) is 0. The van der Waals surface area contributed by atoms with Crippen molar-refractivity contribution in [1.82, 2.24) is 0 Å². The van der Waals surface area contributed by atoms with E-state index < -0.39 is 11.7 Å². The zero-order valence-corrected chi connectivity index (χ0v) is 8.68. The molecule has 0 aromatic heterocycles. The molecule has 4 heteroatoms. The highest BCUT2D eigenvalue weighted by Crippen LogP contribution is 2.53. The second kappa shape index (κ2) is 3.14. The first-order valence-corrected chi connectivity index (χ1v) is 5.74. The summed E-state index contributed by atoms with van der Waals surface area (Å²) in [5.74, 6) is -2.45. The molecule has 0 bridgehead atoms. The molecule has 1 spiro atoms. The molecule has 0 amide bonds. The van der Waals surface area contributed by atoms with E-state index in [0.29, 0.717) is 32.0 Å². The van der Waals surface area contributed by atoms with Gasteiger partial charge in [-0.25, -0.2) is 8.78 Å². The molecule has 1 heterocycles. The second-order valence-electron chi connectivity index (χ2n) is 5.13. The van der Waals surface area contributed by atoms with E-state index in [1.54, 1.807) is 0 Å². The summed E-state index contributed by atoms with van der Waals surface area (Å²) in [6.45, 7) is 1.24. The minimum atomic E-state index is -2.45. The van der Waals surface area contributed by atoms with Crippen LogP contribution in [-0.2, 0) is 9.47 Å². The molecule has 15 heavy (non-hydrogen) atoms. The summed E-state index contributed by atoms with van der Waals surface area (Å²) < 4.78 is 37.7. The van der Waals surface area contributed by atoms with Gasteiger partial charge in [0.1, 0.15) is 0 Å². The molecule has 0 aromatic rings. The molecule has 2 atom stereocenters. The Hall–Kier alpha value is -0.220. The van der Waals surface area contributed by atoms with Gasteiger partial charge < -0.3 is 9.47 Å². The predicted molar refractivity (Wildman–Crippen MR) is 49.6 cm³/mol. The van der Waals surface area contributed by atoms with Crippen LogP contribution in [0.4, 0.5) is 8.78 Å². The van der Waals surface area contributed by atoms with Crippen molar-refractivity contribution in [2.24, 2.45) is 11.8 Å². The summed E-state index contributed by atoms with van der Waals surface area (Å²) in [6.07, 6.45) is 2.21. The van der Waals surface area contributed by atoms with E-state index >= 15 is 0 Å². The van der Waals surface area contributed by atoms with Gasteiger partial charge in [-0.3, -0.25) is 0 Å². The first-order valence-electron chi connectivity index (χ1n) is 5.74. The lowest BCUT2D eigenvalue weighted by Gasteiger charge is -2.30. The predicted octanol–water partition coefficient (Wildman–Crippen LogP) is 2.57. The van der Waals surface area contributed by atoms with Gasteiger partial charge in [-0.05, 0) is 18.3 Å². The number of rotatable bonds is 0. The summed E-state index contributed by atoms with van der Waals surface area (Å²) >= 11 is 0. The van der Waals surface area contributed by atoms with Crippen LogP contribution in [-0.4, -0.2) is 24.9 Å². The highest BCUT2D eigenvalue weighted by molar-refractivity contribution is 4.97. The van der Waals surface area contributed by atoms with Gasteiger partial charge in [0.05, 0.1) is 13.2 Å². The fraction of sp³-hybridized carbons (Fsp3) is 1.00. The molecule has 0 N–H and O–H groups in total. The fourth-order valence-corrected chi connectivity index (χ4v) is 3.41. The molecule has 2 nitrogen and oxygen atoms in total. The van der Waals surface area contributed by atoms with E-state index in [-0.39, 0.29) is 18.8 Å². The number of hydrogen-bond donors (Lipinski definition) is 0. The van der Waals surface area contributed by atoms with Crippen molar-refractivity contribution in [3.63, 3.8) is 0 Å². The van der Waals surface area contributed by atoms with Crippen LogP contribution in [0, 0.1) is 11.8 Å². The van der Waals surface area contributed by atoms with E-state index in [4.69, 9.17) is 9.47 Å². The molecule has 1 unspecified atom stereocenters. The van der Waals surface area contributed by atoms with Crippen LogP contribution < -0.4 is 0 Å². The SMILES string of the molecule is FC1(F)CCC2CC3(C[C@H]2C1)OCCO3. The van der Waals surface area contributed by atoms with Crippen LogP contribution in [0.1, 0.15) is 32.1 Å². The van der Waals surface area contributed by atoms with Gasteiger partial charge in [-0.15, -0.1) is 0 Å². The lowest BCUT2D eigenvalue weighted by atomic mass is 9.80. The van der Waals surface area contributed by atoms with E-state index in [1.165, 1.54) is 0 Å². The Balaban J connectivity index is 1.74. The monoisotopic (exact) mass is 218 g/mol. The second-order valence-corrected chi connectivity index (χ2v) is 5.13. The van der Waals surface area contributed by atoms with Crippen molar-refractivity contribution in [3.05, 3.63) is 0 Å². The minimum Gasteiger partial charge on any atom is -0.348 e. The van der Waals surface area contributed by atoms with Crippen LogP contribution in [0.15, 0.2) is 0 Å². The van der Waals surface area contributed by atoms with Crippen LogP contribution >= 0.6 is 0 Å². The van der Waals surface area contributed by atoms with Gasteiger partial charge in [0.2, 0.25) is 5.92 Å². The highest BCUT2D eigenvalue weighted by atomic mass is 19.3. The topological polar surface area (TPSA) is 18.5 Å². The normalized spacial score (nSPS) is 42.0. The van der Waals surface area contributed by atoms with E-state index in [0.717, 1.165) is 6.42 Å². The molecule has 0 radical (unpaired) electrons. The molecule has 0 aromatic carbocycles. The molecule has 2 aliphatic carbocycles. The maximum atomic E-state index is 13.2. The smallest absolute Gasteiger partial charge is 0.248 e. The quantitative estimate of drug-likeness (QED) is 0.622. The Morgan fingerprint density at radius 2 is 1.60 bits per heavy atom. The maximum Gasteiger partial charge on any atom is 0.248 e. The van der Waals surface area contributed by atoms with Crippen molar-refractivity contribution >= 4 is 0 Å². The molecule has 3 aliphatic rings. The van der Waals surface area contributed by atoms with E-state index in [9.17, 15) is 8.78 Å². The summed E-state index contributed by atoms with van der Waals surface area (Å²) in [7, 11) is 0. The Morgan fingerprint density at radius 1 is 0.933 bits per heavy atom. The van der Waals surface area contributed by atoms with E-state index in [1.807, 2.05) is 0 Å². The molecular weight excluding hydrogens is 202 g/mol. The van der Waals surface area contributed by atoms with Crippen LogP contribution in [0.3, 0.4) is 0 Å². The van der Waals surface area contributed by atoms with Crippen molar-refractivity contribution < 1.29 is 18.3 Å². The Morgan fingerprint density at radius 3 is 2.33 bits per heavy atom. The van der Waals surface area contributed by atoms with Gasteiger partial charge >= 0.3 is 0 Å². The third-order valence-electron chi connectivity index (χ3n) is 4.07. The number of fused-ring (bicyclic) bond motifs is 1. The number of hydrogen-bond acceptors (Lipinski definition) is 2. The Labute approximate surface area is 87.9 Å². The summed E-state index contributed by atoms with van der Waals surface area (Å²) in [4.78, 5) is 0. The lowest BCUT2D eigenvalue weighted by Crippen LogP contribution is -2.29. The largest absolute Gasteiger partial charge is 0.348 e. The van der Waals surface area contributed by atoms with Crippen LogP contribution in [0.5, 0.6) is 0 Å². The van der Waals surface area contributed by atoms with Crippen molar-refractivity contribution in [3.8, 4) is 0 Å². The minimum absolute atomic E-state index is 0.0339. The maximum absolute atomic E-state index is 13.2. The first kappa shape index (κ1) is 9.97. The number of halogens is 2. The number of alkyl halides is 2. The molecule has 2 saturated carbocycles. The zero-order chi connectivity index (χ0) is 10.5. The molecule has 3 rings (SSSR count). The third kappa shape index (κ3) is 1.68. The first-order chi connectivity index (χ1) is 7.09. The van der Waals surface area contributed by atoms with Crippen molar-refractivity contribution in [2.45, 2.75) is 43.8 Å². The third-order valence-corrected chi connectivity index (χ3v) is 4.07. The molecule has 1 aliphatic heterocycles. The Bertz CT molecular complexity index is 261. The molecular formula is C11H16F2O2. The van der Waals surface area contributed by atoms with Gasteiger partial charge in [0.25, 0.3) is 0 Å². The van der Waals surface area contributed by atoms with E-state index in [2.05, 4.69) is 0 Å².